The molecule has 0 bridgehead atoms. The van der Waals surface area contributed by atoms with E-state index < -0.39 is 0 Å². The quantitative estimate of drug-likeness (QED) is 0.725. The Bertz CT molecular complexity index is 361. The van der Waals surface area contributed by atoms with E-state index in [1.54, 1.807) is 12.3 Å². The Morgan fingerprint density at radius 3 is 3.20 bits per heavy atom. The van der Waals surface area contributed by atoms with Gasteiger partial charge in [-0.05, 0) is 12.5 Å². The van der Waals surface area contributed by atoms with Crippen LogP contribution < -0.4 is 11.1 Å². The fourth-order valence-corrected chi connectivity index (χ4v) is 1.51. The van der Waals surface area contributed by atoms with Crippen LogP contribution in [0.4, 0.5) is 5.69 Å². The van der Waals surface area contributed by atoms with Gasteiger partial charge < -0.3 is 15.8 Å². The molecule has 3 N–H and O–H groups in total. The normalized spacial score (nSPS) is 20.1. The number of amides is 1. The number of hydrogen-bond acceptors (Lipinski definition) is 4. The molecule has 15 heavy (non-hydrogen) atoms. The molecule has 2 heterocycles. The molecule has 1 saturated heterocycles. The van der Waals surface area contributed by atoms with Crippen molar-refractivity contribution in [3.05, 3.63) is 24.0 Å². The van der Waals surface area contributed by atoms with Crippen molar-refractivity contribution in [2.24, 2.45) is 0 Å². The highest BCUT2D eigenvalue weighted by atomic mass is 16.5. The van der Waals surface area contributed by atoms with Crippen LogP contribution in [0.25, 0.3) is 0 Å². The lowest BCUT2D eigenvalue weighted by atomic mass is 10.2. The Hall–Kier alpha value is -1.62. The summed E-state index contributed by atoms with van der Waals surface area (Å²) in [6.07, 6.45) is 3.89. The minimum absolute atomic E-state index is 0.0945. The molecule has 2 rings (SSSR count). The van der Waals surface area contributed by atoms with Crippen LogP contribution in [0.2, 0.25) is 0 Å². The van der Waals surface area contributed by atoms with Crippen LogP contribution in [-0.4, -0.2) is 30.1 Å². The predicted molar refractivity (Wildman–Crippen MR) is 55.3 cm³/mol. The molecule has 80 valence electrons. The van der Waals surface area contributed by atoms with E-state index in [-0.39, 0.29) is 11.9 Å². The summed E-state index contributed by atoms with van der Waals surface area (Å²) in [5.74, 6) is -0.184. The molecular weight excluding hydrogens is 194 g/mol. The lowest BCUT2D eigenvalue weighted by molar-refractivity contribution is 0.0930. The average molecular weight is 207 g/mol. The third-order valence-corrected chi connectivity index (χ3v) is 2.36. The minimum Gasteiger partial charge on any atom is -0.398 e. The molecule has 0 aromatic carbocycles. The van der Waals surface area contributed by atoms with Gasteiger partial charge in [0.15, 0.2) is 0 Å². The summed E-state index contributed by atoms with van der Waals surface area (Å²) in [6.45, 7) is 1.28. The summed E-state index contributed by atoms with van der Waals surface area (Å²) < 4.78 is 5.16. The average Bonchev–Trinajstić information content (AvgIpc) is 2.71. The van der Waals surface area contributed by atoms with Gasteiger partial charge in [0.25, 0.3) is 5.91 Å². The Labute approximate surface area is 87.6 Å². The highest BCUT2D eigenvalue weighted by Crippen LogP contribution is 2.10. The van der Waals surface area contributed by atoms with Gasteiger partial charge in [0, 0.05) is 24.7 Å². The van der Waals surface area contributed by atoms with Gasteiger partial charge in [-0.15, -0.1) is 0 Å². The van der Waals surface area contributed by atoms with Crippen molar-refractivity contribution in [1.29, 1.82) is 0 Å². The lowest BCUT2D eigenvalue weighted by Gasteiger charge is -2.11. The molecule has 0 spiro atoms. The maximum absolute atomic E-state index is 11.7. The molecular formula is C10H13N3O2. The first-order chi connectivity index (χ1) is 7.27. The van der Waals surface area contributed by atoms with E-state index in [4.69, 9.17) is 10.5 Å². The van der Waals surface area contributed by atoms with Crippen molar-refractivity contribution in [1.82, 2.24) is 10.3 Å². The molecule has 1 aliphatic heterocycles. The topological polar surface area (TPSA) is 77.2 Å². The molecule has 0 radical (unpaired) electrons. The fourth-order valence-electron chi connectivity index (χ4n) is 1.51. The van der Waals surface area contributed by atoms with E-state index in [1.165, 1.54) is 6.20 Å². The summed E-state index contributed by atoms with van der Waals surface area (Å²) in [5, 5.41) is 2.85. The molecule has 1 aliphatic rings. The van der Waals surface area contributed by atoms with Crippen molar-refractivity contribution in [3.8, 4) is 0 Å². The molecule has 1 fully saturated rings. The number of nitrogen functional groups attached to an aromatic ring is 1. The molecule has 5 nitrogen and oxygen atoms in total. The molecule has 1 aromatic heterocycles. The second-order valence-electron chi connectivity index (χ2n) is 3.50. The zero-order valence-corrected chi connectivity index (χ0v) is 8.27. The summed E-state index contributed by atoms with van der Waals surface area (Å²) in [7, 11) is 0. The molecule has 5 heteroatoms. The smallest absolute Gasteiger partial charge is 0.255 e. The van der Waals surface area contributed by atoms with Crippen molar-refractivity contribution >= 4 is 11.6 Å². The van der Waals surface area contributed by atoms with Crippen LogP contribution >= 0.6 is 0 Å². The van der Waals surface area contributed by atoms with Crippen LogP contribution in [0.5, 0.6) is 0 Å². The first kappa shape index (κ1) is 9.92. The molecule has 0 saturated carbocycles. The largest absolute Gasteiger partial charge is 0.398 e. The highest BCUT2D eigenvalue weighted by Gasteiger charge is 2.19. The van der Waals surface area contributed by atoms with Gasteiger partial charge in [-0.1, -0.05) is 0 Å². The standard InChI is InChI=1S/C10H13N3O2/c11-9-1-3-12-5-8(9)10(14)13-7-2-4-15-6-7/h1,3,5,7H,2,4,6H2,(H2,11,12)(H,13,14). The molecule has 0 aliphatic carbocycles. The number of carbonyl (C=O) groups excluding carboxylic acids is 1. The van der Waals surface area contributed by atoms with E-state index in [9.17, 15) is 4.79 Å². The van der Waals surface area contributed by atoms with E-state index in [2.05, 4.69) is 10.3 Å². The van der Waals surface area contributed by atoms with E-state index >= 15 is 0 Å². The second kappa shape index (κ2) is 4.27. The number of nitrogens with two attached hydrogens (primary N) is 1. The monoisotopic (exact) mass is 207 g/mol. The Morgan fingerprint density at radius 2 is 2.53 bits per heavy atom. The number of ether oxygens (including phenoxy) is 1. The first-order valence-electron chi connectivity index (χ1n) is 4.85. The third kappa shape index (κ3) is 2.24. The van der Waals surface area contributed by atoms with E-state index in [0.717, 1.165) is 6.42 Å². The second-order valence-corrected chi connectivity index (χ2v) is 3.50. The van der Waals surface area contributed by atoms with Gasteiger partial charge in [-0.25, -0.2) is 0 Å². The number of aromatic nitrogens is 1. The fraction of sp³-hybridized carbons (Fsp3) is 0.400. The molecule has 1 unspecified atom stereocenters. The number of nitrogens with zero attached hydrogens (tertiary/aromatic N) is 1. The van der Waals surface area contributed by atoms with Crippen LogP contribution in [0.3, 0.4) is 0 Å². The van der Waals surface area contributed by atoms with Gasteiger partial charge in [-0.3, -0.25) is 9.78 Å². The Morgan fingerprint density at radius 1 is 1.67 bits per heavy atom. The zero-order valence-electron chi connectivity index (χ0n) is 8.27. The number of nitrogens with one attached hydrogen (secondary N) is 1. The van der Waals surface area contributed by atoms with Gasteiger partial charge in [-0.2, -0.15) is 0 Å². The van der Waals surface area contributed by atoms with Crippen molar-refractivity contribution in [2.45, 2.75) is 12.5 Å². The van der Waals surface area contributed by atoms with Gasteiger partial charge in [0.2, 0.25) is 0 Å². The van der Waals surface area contributed by atoms with Crippen molar-refractivity contribution in [3.63, 3.8) is 0 Å². The number of anilines is 1. The Kier molecular flexibility index (Phi) is 2.82. The van der Waals surface area contributed by atoms with Crippen LogP contribution in [0, 0.1) is 0 Å². The predicted octanol–water partition coefficient (Wildman–Crippen LogP) is 0.182. The van der Waals surface area contributed by atoms with Crippen molar-refractivity contribution in [2.75, 3.05) is 18.9 Å². The zero-order chi connectivity index (χ0) is 10.7. The summed E-state index contributed by atoms with van der Waals surface area (Å²) in [5.41, 5.74) is 6.53. The van der Waals surface area contributed by atoms with Crippen LogP contribution in [-0.2, 0) is 4.74 Å². The lowest BCUT2D eigenvalue weighted by Crippen LogP contribution is -2.35. The van der Waals surface area contributed by atoms with E-state index in [0.29, 0.717) is 24.5 Å². The van der Waals surface area contributed by atoms with Gasteiger partial charge >= 0.3 is 0 Å². The Balaban J connectivity index is 2.04. The van der Waals surface area contributed by atoms with Gasteiger partial charge in [0.1, 0.15) is 0 Å². The van der Waals surface area contributed by atoms with E-state index in [1.807, 2.05) is 0 Å². The number of rotatable bonds is 2. The molecule has 1 aromatic rings. The first-order valence-corrected chi connectivity index (χ1v) is 4.85. The third-order valence-electron chi connectivity index (χ3n) is 2.36. The van der Waals surface area contributed by atoms with Crippen molar-refractivity contribution < 1.29 is 9.53 Å². The van der Waals surface area contributed by atoms with Gasteiger partial charge in [0.05, 0.1) is 18.2 Å². The number of pyridine rings is 1. The molecule has 1 amide bonds. The highest BCUT2D eigenvalue weighted by molar-refractivity contribution is 5.98. The van der Waals surface area contributed by atoms with Crippen LogP contribution in [0.1, 0.15) is 16.8 Å². The minimum atomic E-state index is -0.184. The molecule has 1 atom stereocenters. The van der Waals surface area contributed by atoms with Crippen LogP contribution in [0.15, 0.2) is 18.5 Å². The summed E-state index contributed by atoms with van der Waals surface area (Å²) in [4.78, 5) is 15.6. The maximum atomic E-state index is 11.7. The maximum Gasteiger partial charge on any atom is 0.255 e. The number of hydrogen-bond donors (Lipinski definition) is 2. The summed E-state index contributed by atoms with van der Waals surface area (Å²) >= 11 is 0. The SMILES string of the molecule is Nc1ccncc1C(=O)NC1CCOC1. The number of carbonyl (C=O) groups is 1. The summed E-state index contributed by atoms with van der Waals surface area (Å²) in [6, 6.07) is 1.71.